The van der Waals surface area contributed by atoms with Gasteiger partial charge < -0.3 is 37.5 Å². The lowest BCUT2D eigenvalue weighted by Crippen LogP contribution is -2.58. The molecule has 1 aromatic carbocycles. The summed E-state index contributed by atoms with van der Waals surface area (Å²) in [6.45, 7) is 0. The number of thioether (sulfide) groups is 1. The average Bonchev–Trinajstić information content (AvgIpc) is 3.42. The zero-order valence-electron chi connectivity index (χ0n) is 21.6. The molecule has 1 heterocycles. The molecule has 0 saturated heterocycles. The Kier molecular flexibility index (Phi) is 13.0. The van der Waals surface area contributed by atoms with Crippen LogP contribution in [0.25, 0.3) is 0 Å². The molecular formula is C25H35N7O6S. The van der Waals surface area contributed by atoms with Gasteiger partial charge in [0.1, 0.15) is 18.1 Å². The van der Waals surface area contributed by atoms with Crippen LogP contribution in [0.3, 0.4) is 0 Å². The van der Waals surface area contributed by atoms with E-state index >= 15 is 0 Å². The van der Waals surface area contributed by atoms with Crippen molar-refractivity contribution in [1.82, 2.24) is 25.9 Å². The average molecular weight is 562 g/mol. The quantitative estimate of drug-likeness (QED) is 0.127. The molecule has 2 rings (SSSR count). The topological polar surface area (TPSA) is 222 Å². The molecule has 0 spiro atoms. The van der Waals surface area contributed by atoms with Crippen LogP contribution in [0.1, 0.15) is 30.5 Å². The Labute approximate surface area is 230 Å². The molecule has 0 aliphatic heterocycles. The zero-order valence-corrected chi connectivity index (χ0v) is 22.4. The van der Waals surface area contributed by atoms with E-state index in [1.54, 1.807) is 30.3 Å². The third-order valence-corrected chi connectivity index (χ3v) is 6.44. The fourth-order valence-electron chi connectivity index (χ4n) is 3.63. The number of primary amides is 1. The number of hydrogen-bond donors (Lipinski definition) is 7. The Bertz CT molecular complexity index is 1100. The van der Waals surface area contributed by atoms with E-state index in [0.717, 1.165) is 0 Å². The van der Waals surface area contributed by atoms with Crippen LogP contribution < -0.4 is 27.4 Å². The summed E-state index contributed by atoms with van der Waals surface area (Å²) in [6.07, 6.45) is 4.76. The number of aromatic nitrogens is 2. The maximum Gasteiger partial charge on any atom is 0.326 e. The van der Waals surface area contributed by atoms with Gasteiger partial charge in [-0.25, -0.2) is 9.78 Å². The molecular weight excluding hydrogens is 526 g/mol. The van der Waals surface area contributed by atoms with E-state index in [-0.39, 0.29) is 25.7 Å². The molecule has 4 amide bonds. The number of H-pyrrole nitrogens is 1. The Morgan fingerprint density at radius 2 is 1.59 bits per heavy atom. The molecule has 0 radical (unpaired) electrons. The first kappa shape index (κ1) is 31.3. The molecule has 0 bridgehead atoms. The molecule has 212 valence electrons. The Morgan fingerprint density at radius 1 is 0.949 bits per heavy atom. The Hall–Kier alpha value is -3.91. The molecule has 13 nitrogen and oxygen atoms in total. The number of imidazole rings is 1. The number of carbonyl (C=O) groups excluding carboxylic acids is 4. The van der Waals surface area contributed by atoms with E-state index in [1.165, 1.54) is 24.3 Å². The van der Waals surface area contributed by atoms with Crippen molar-refractivity contribution in [3.05, 3.63) is 54.1 Å². The van der Waals surface area contributed by atoms with Gasteiger partial charge in [-0.3, -0.25) is 19.2 Å². The molecule has 0 aliphatic carbocycles. The summed E-state index contributed by atoms with van der Waals surface area (Å²) >= 11 is 1.51. The van der Waals surface area contributed by atoms with E-state index in [2.05, 4.69) is 25.9 Å². The number of nitrogens with one attached hydrogen (secondary N) is 4. The first-order valence-corrected chi connectivity index (χ1v) is 13.7. The number of aromatic amines is 1. The number of hydrogen-bond acceptors (Lipinski definition) is 8. The maximum atomic E-state index is 13.3. The van der Waals surface area contributed by atoms with Gasteiger partial charge in [-0.2, -0.15) is 11.8 Å². The Morgan fingerprint density at radius 3 is 2.18 bits per heavy atom. The molecule has 14 heteroatoms. The number of carbonyl (C=O) groups is 5. The molecule has 0 fully saturated rings. The number of carboxylic acids is 1. The highest BCUT2D eigenvalue weighted by atomic mass is 32.2. The monoisotopic (exact) mass is 561 g/mol. The standard InChI is InChI=1S/C25H35N7O6S/c1-39-10-9-17(26)22(34)30-18(7-8-21(27)33)23(35)31-19(11-15-5-3-2-4-6-15)24(36)32-20(25(37)38)12-16-13-28-14-29-16/h2-6,13-14,17-20H,7-12,26H2,1H3,(H2,27,33)(H,28,29)(H,30,34)(H,31,35)(H,32,36)(H,37,38). The van der Waals surface area contributed by atoms with Crippen LogP contribution in [0.4, 0.5) is 0 Å². The number of benzene rings is 1. The summed E-state index contributed by atoms with van der Waals surface area (Å²) in [5.41, 5.74) is 12.4. The SMILES string of the molecule is CSCCC(N)C(=O)NC(CCC(N)=O)C(=O)NC(Cc1ccccc1)C(=O)NC(Cc1cnc[nH]1)C(=O)O. The third-order valence-electron chi connectivity index (χ3n) is 5.79. The highest BCUT2D eigenvalue weighted by Crippen LogP contribution is 2.08. The van der Waals surface area contributed by atoms with Gasteiger partial charge in [-0.1, -0.05) is 30.3 Å². The number of amides is 4. The molecule has 4 atom stereocenters. The first-order chi connectivity index (χ1) is 18.6. The number of carboxylic acid groups (broad SMARTS) is 1. The minimum absolute atomic E-state index is 0.0402. The van der Waals surface area contributed by atoms with Gasteiger partial charge in [0, 0.05) is 31.2 Å². The number of nitrogens with zero attached hydrogens (tertiary/aromatic N) is 1. The Balaban J connectivity index is 2.22. The van der Waals surface area contributed by atoms with E-state index in [4.69, 9.17) is 11.5 Å². The van der Waals surface area contributed by atoms with Crippen LogP contribution in [0.5, 0.6) is 0 Å². The zero-order chi connectivity index (χ0) is 28.8. The predicted octanol–water partition coefficient (Wildman–Crippen LogP) is -0.920. The minimum Gasteiger partial charge on any atom is -0.480 e. The van der Waals surface area contributed by atoms with Crippen LogP contribution in [0, 0.1) is 0 Å². The normalized spacial score (nSPS) is 13.9. The van der Waals surface area contributed by atoms with Crippen molar-refractivity contribution in [2.75, 3.05) is 12.0 Å². The van der Waals surface area contributed by atoms with E-state index < -0.39 is 53.8 Å². The first-order valence-electron chi connectivity index (χ1n) is 12.3. The molecule has 1 aromatic heterocycles. The van der Waals surface area contributed by atoms with Gasteiger partial charge in [0.15, 0.2) is 0 Å². The van der Waals surface area contributed by atoms with Crippen LogP contribution in [0.2, 0.25) is 0 Å². The lowest BCUT2D eigenvalue weighted by molar-refractivity contribution is -0.142. The summed E-state index contributed by atoms with van der Waals surface area (Å²) in [6, 6.07) is 4.25. The lowest BCUT2D eigenvalue weighted by atomic mass is 10.0. The second-order valence-electron chi connectivity index (χ2n) is 8.89. The van der Waals surface area contributed by atoms with E-state index in [9.17, 15) is 29.1 Å². The van der Waals surface area contributed by atoms with Crippen LogP contribution in [-0.4, -0.2) is 80.8 Å². The second kappa shape index (κ2) is 16.1. The smallest absolute Gasteiger partial charge is 0.326 e. The number of aliphatic carboxylic acids is 1. The second-order valence-corrected chi connectivity index (χ2v) is 9.87. The van der Waals surface area contributed by atoms with Crippen LogP contribution in [-0.2, 0) is 36.8 Å². The lowest BCUT2D eigenvalue weighted by Gasteiger charge is -2.25. The highest BCUT2D eigenvalue weighted by Gasteiger charge is 2.31. The fraction of sp³-hybridized carbons (Fsp3) is 0.440. The third kappa shape index (κ3) is 11.2. The summed E-state index contributed by atoms with van der Waals surface area (Å²) in [5.74, 6) is -3.36. The predicted molar refractivity (Wildman–Crippen MR) is 145 cm³/mol. The van der Waals surface area contributed by atoms with Crippen LogP contribution >= 0.6 is 11.8 Å². The molecule has 0 aliphatic rings. The molecule has 39 heavy (non-hydrogen) atoms. The number of nitrogens with two attached hydrogens (primary N) is 2. The maximum absolute atomic E-state index is 13.3. The van der Waals surface area contributed by atoms with Crippen molar-refractivity contribution >= 4 is 41.4 Å². The fourth-order valence-corrected chi connectivity index (χ4v) is 4.12. The number of rotatable bonds is 17. The van der Waals surface area contributed by atoms with Gasteiger partial charge in [-0.15, -0.1) is 0 Å². The molecule has 9 N–H and O–H groups in total. The highest BCUT2D eigenvalue weighted by molar-refractivity contribution is 7.98. The summed E-state index contributed by atoms with van der Waals surface area (Å²) in [5, 5.41) is 17.3. The summed E-state index contributed by atoms with van der Waals surface area (Å²) in [7, 11) is 0. The largest absolute Gasteiger partial charge is 0.480 e. The van der Waals surface area contributed by atoms with Crippen LogP contribution in [0.15, 0.2) is 42.9 Å². The van der Waals surface area contributed by atoms with Crippen molar-refractivity contribution in [1.29, 1.82) is 0 Å². The van der Waals surface area contributed by atoms with E-state index in [0.29, 0.717) is 23.4 Å². The summed E-state index contributed by atoms with van der Waals surface area (Å²) in [4.78, 5) is 69.0. The van der Waals surface area contributed by atoms with Crippen molar-refractivity contribution in [3.8, 4) is 0 Å². The van der Waals surface area contributed by atoms with Gasteiger partial charge in [0.25, 0.3) is 0 Å². The van der Waals surface area contributed by atoms with Crippen molar-refractivity contribution < 1.29 is 29.1 Å². The van der Waals surface area contributed by atoms with Gasteiger partial charge in [0.2, 0.25) is 23.6 Å². The summed E-state index contributed by atoms with van der Waals surface area (Å²) < 4.78 is 0. The minimum atomic E-state index is -1.30. The van der Waals surface area contributed by atoms with Crippen molar-refractivity contribution in [3.63, 3.8) is 0 Å². The van der Waals surface area contributed by atoms with Gasteiger partial charge >= 0.3 is 5.97 Å². The molecule has 4 unspecified atom stereocenters. The van der Waals surface area contributed by atoms with Crippen molar-refractivity contribution in [2.45, 2.75) is 56.3 Å². The molecule has 2 aromatic rings. The van der Waals surface area contributed by atoms with Crippen molar-refractivity contribution in [2.24, 2.45) is 11.5 Å². The van der Waals surface area contributed by atoms with Gasteiger partial charge in [-0.05, 0) is 30.4 Å². The van der Waals surface area contributed by atoms with Gasteiger partial charge in [0.05, 0.1) is 12.4 Å². The van der Waals surface area contributed by atoms with E-state index in [1.807, 2.05) is 6.26 Å². The molecule has 0 saturated carbocycles.